The number of nitrogens with zero attached hydrogens (tertiary/aromatic N) is 4. The van der Waals surface area contributed by atoms with Crippen LogP contribution in [0.15, 0.2) is 38.6 Å². The molecule has 34 heteroatoms. The molecule has 2 unspecified atom stereocenters. The van der Waals surface area contributed by atoms with Crippen LogP contribution >= 0.6 is 0 Å². The summed E-state index contributed by atoms with van der Waals surface area (Å²) in [6, 6.07) is -3.26. The number of aliphatic imine (C=N–C) groups is 3. The molecule has 2 fully saturated rings. The zero-order valence-electron chi connectivity index (χ0n) is 50.2. The quantitative estimate of drug-likeness (QED) is 0.00777. The van der Waals surface area contributed by atoms with Crippen LogP contribution in [0.4, 0.5) is 4.79 Å². The van der Waals surface area contributed by atoms with Crippen LogP contribution in [-0.4, -0.2) is 258 Å². The second-order valence-corrected chi connectivity index (χ2v) is 19.7. The van der Waals surface area contributed by atoms with E-state index in [1.807, 2.05) is 0 Å². The largest absolute Gasteiger partial charge is 0.508 e. The first-order valence-corrected chi connectivity index (χ1v) is 28.0. The monoisotopic (exact) mass is 1250 g/mol. The number of terminal acetylenes is 1. The van der Waals surface area contributed by atoms with Crippen molar-refractivity contribution in [3.05, 3.63) is 23.7 Å². The first-order chi connectivity index (χ1) is 42.1. The third-order valence-electron chi connectivity index (χ3n) is 13.2. The number of amides is 5. The molecule has 0 saturated carbocycles. The SMILES string of the molecule is C#CCOCCOCCOCCOCCC(=O)N(CCCC(=O)NCCO[C@@H]([C@@H]1OC(C(=O)OC)=C[C@H](N=C(N)N)C1C=NC(C)=O)[C@H]1COC(OC)O1)CCC(=O)NCCO[C@H]([C@H]1COC(=O)O1)[C@]1(C)OC(C(=O)OC)=C[C@H](N=C(N)N)[C@H]1NC(C)=O. The van der Waals surface area contributed by atoms with Gasteiger partial charge in [0, 0.05) is 66.2 Å². The molecule has 0 aromatic heterocycles. The van der Waals surface area contributed by atoms with Gasteiger partial charge in [-0.3, -0.25) is 24.0 Å². The molecule has 0 bridgehead atoms. The van der Waals surface area contributed by atoms with E-state index < -0.39 is 114 Å². The number of nitrogens with one attached hydrogen (secondary N) is 3. The van der Waals surface area contributed by atoms with Crippen LogP contribution in [0.5, 0.6) is 0 Å². The lowest BCUT2D eigenvalue weighted by Gasteiger charge is -2.48. The second-order valence-electron chi connectivity index (χ2n) is 19.7. The van der Waals surface area contributed by atoms with Gasteiger partial charge >= 0.3 is 18.1 Å². The van der Waals surface area contributed by atoms with Gasteiger partial charge in [0.15, 0.2) is 23.6 Å². The van der Waals surface area contributed by atoms with Crippen LogP contribution < -0.4 is 38.9 Å². The number of methoxy groups -OCH3 is 3. The summed E-state index contributed by atoms with van der Waals surface area (Å²) in [6.45, 7) is 3.74. The number of hydrogen-bond donors (Lipinski definition) is 7. The summed E-state index contributed by atoms with van der Waals surface area (Å²) in [4.78, 5) is 117. The average Bonchev–Trinajstić information content (AvgIpc) is 1.02. The Bertz CT molecular complexity index is 2520. The summed E-state index contributed by atoms with van der Waals surface area (Å²) in [5.74, 6) is -4.07. The lowest BCUT2D eigenvalue weighted by Crippen LogP contribution is -2.68. The van der Waals surface area contributed by atoms with Crippen molar-refractivity contribution in [1.82, 2.24) is 20.9 Å². The van der Waals surface area contributed by atoms with E-state index in [9.17, 15) is 38.4 Å². The average molecular weight is 1250 g/mol. The fraction of sp³-hybridized carbons (Fsp3) is 0.685. The Balaban J connectivity index is 1.40. The van der Waals surface area contributed by atoms with Crippen LogP contribution in [-0.2, 0) is 105 Å². The highest BCUT2D eigenvalue weighted by Gasteiger charge is 2.57. The van der Waals surface area contributed by atoms with Crippen molar-refractivity contribution in [2.45, 2.75) is 107 Å². The van der Waals surface area contributed by atoms with Gasteiger partial charge in [-0.2, -0.15) is 0 Å². The lowest BCUT2D eigenvalue weighted by molar-refractivity contribution is -0.236. The van der Waals surface area contributed by atoms with E-state index in [2.05, 4.69) is 36.8 Å². The van der Waals surface area contributed by atoms with E-state index in [-0.39, 0.29) is 128 Å². The van der Waals surface area contributed by atoms with E-state index >= 15 is 0 Å². The summed E-state index contributed by atoms with van der Waals surface area (Å²) in [5.41, 5.74) is 21.2. The molecule has 11 N–H and O–H groups in total. The lowest BCUT2D eigenvalue weighted by atomic mass is 9.80. The molecule has 5 amide bonds. The van der Waals surface area contributed by atoms with Crippen molar-refractivity contribution in [3.63, 3.8) is 0 Å². The van der Waals surface area contributed by atoms with Gasteiger partial charge in [0.2, 0.25) is 41.1 Å². The van der Waals surface area contributed by atoms with Gasteiger partial charge in [0.05, 0.1) is 105 Å². The highest BCUT2D eigenvalue weighted by molar-refractivity contribution is 5.89. The maximum absolute atomic E-state index is 13.7. The molecule has 0 spiro atoms. The molecule has 0 aliphatic carbocycles. The van der Waals surface area contributed by atoms with Crippen LogP contribution in [0.1, 0.15) is 46.5 Å². The summed E-state index contributed by atoms with van der Waals surface area (Å²) in [5, 5.41) is 8.24. The van der Waals surface area contributed by atoms with Crippen molar-refractivity contribution < 1.29 is 109 Å². The number of carbonyl (C=O) groups excluding carboxylic acids is 8. The molecule has 492 valence electrons. The molecule has 4 rings (SSSR count). The summed E-state index contributed by atoms with van der Waals surface area (Å²) >= 11 is 0. The first-order valence-electron chi connectivity index (χ1n) is 28.0. The second kappa shape index (κ2) is 38.5. The minimum Gasteiger partial charge on any atom is -0.480 e. The van der Waals surface area contributed by atoms with Gasteiger partial charge in [-0.1, -0.05) is 5.92 Å². The van der Waals surface area contributed by atoms with E-state index in [1.165, 1.54) is 51.1 Å². The molecule has 0 aromatic carbocycles. The summed E-state index contributed by atoms with van der Waals surface area (Å²) in [6.07, 6.45) is 2.16. The number of cyclic esters (lactones) is 2. The minimum atomic E-state index is -1.77. The summed E-state index contributed by atoms with van der Waals surface area (Å²) in [7, 11) is 3.62. The van der Waals surface area contributed by atoms with Crippen LogP contribution in [0.2, 0.25) is 0 Å². The van der Waals surface area contributed by atoms with E-state index in [4.69, 9.17) is 100 Å². The van der Waals surface area contributed by atoms with E-state index in [0.717, 1.165) is 14.2 Å². The van der Waals surface area contributed by atoms with Crippen molar-refractivity contribution >= 4 is 65.8 Å². The Morgan fingerprint density at radius 1 is 0.761 bits per heavy atom. The van der Waals surface area contributed by atoms with Crippen LogP contribution in [0.25, 0.3) is 0 Å². The zero-order chi connectivity index (χ0) is 64.6. The Morgan fingerprint density at radius 3 is 1.94 bits per heavy atom. The van der Waals surface area contributed by atoms with Gasteiger partial charge in [-0.15, -0.1) is 6.42 Å². The number of ether oxygens (including phenoxy) is 15. The third kappa shape index (κ3) is 24.4. The third-order valence-corrected chi connectivity index (χ3v) is 13.2. The molecule has 2 saturated heterocycles. The standard InChI is InChI=1S/C54H83N11O23/c1-8-17-77-21-23-79-25-26-80-24-22-78-18-12-43(70)65(16-11-42(69)60-14-20-82-47(40-31-83-52(73)86-40)54(4)46(62-33(3)67)36(64-51(57)58)28-38(88-54)49(72)75-6)15-9-10-41(68)59-13-19-81-45(39-30-84-53(76-7)87-39)44-34(29-61-32(2)66)35(63-50(55)56)27-37(85-44)48(71)74-5/h1,27-29,34-36,39-40,44-47,53H,9-26,30-31H2,2-7H3,(H,59,68)(H,60,69)(H,62,67)(H4,55,56,63)(H4,57,58,64)/t34?,35-,36-,39+,40+,44+,45+,46+,47+,53?,54+/m0/s1. The highest BCUT2D eigenvalue weighted by Crippen LogP contribution is 2.38. The van der Waals surface area contributed by atoms with Crippen molar-refractivity contribution in [2.75, 3.05) is 127 Å². The van der Waals surface area contributed by atoms with E-state index in [1.54, 1.807) is 0 Å². The molecule has 4 aliphatic rings. The Morgan fingerprint density at radius 2 is 1.36 bits per heavy atom. The van der Waals surface area contributed by atoms with Crippen molar-refractivity contribution in [1.29, 1.82) is 0 Å². The maximum atomic E-state index is 13.7. The molecule has 0 radical (unpaired) electrons. The Kier molecular flexibility index (Phi) is 31.8. The van der Waals surface area contributed by atoms with Gasteiger partial charge in [0.25, 0.3) is 6.48 Å². The fourth-order valence-corrected chi connectivity index (χ4v) is 9.30. The molecular formula is C54H83N11O23. The molecule has 88 heavy (non-hydrogen) atoms. The van der Waals surface area contributed by atoms with Crippen molar-refractivity contribution in [2.24, 2.45) is 43.8 Å². The first kappa shape index (κ1) is 72.7. The normalized spacial score (nSPS) is 23.6. The number of carbonyl (C=O) groups is 8. The molecule has 4 aliphatic heterocycles. The van der Waals surface area contributed by atoms with Gasteiger partial charge in [0.1, 0.15) is 43.7 Å². The number of hydrogen-bond acceptors (Lipinski definition) is 25. The fourth-order valence-electron chi connectivity index (χ4n) is 9.30. The predicted octanol–water partition coefficient (Wildman–Crippen LogP) is -3.72. The molecule has 11 atom stereocenters. The minimum absolute atomic E-state index is 0.0137. The van der Waals surface area contributed by atoms with Gasteiger partial charge in [-0.05, 0) is 25.5 Å². The smallest absolute Gasteiger partial charge is 0.480 e. The van der Waals surface area contributed by atoms with Gasteiger partial charge < -0.3 is 115 Å². The maximum Gasteiger partial charge on any atom is 0.508 e. The van der Waals surface area contributed by atoms with Crippen LogP contribution in [0.3, 0.4) is 0 Å². The summed E-state index contributed by atoms with van der Waals surface area (Å²) < 4.78 is 83.6. The number of guanidine groups is 2. The molecule has 0 aromatic rings. The molecule has 4 heterocycles. The molecule has 34 nitrogen and oxygen atoms in total. The van der Waals surface area contributed by atoms with Crippen LogP contribution in [0, 0.1) is 18.3 Å². The molecular weight excluding hydrogens is 1170 g/mol. The number of esters is 2. The Hall–Kier alpha value is -7.75. The number of nitrogens with two attached hydrogens (primary N) is 4. The van der Waals surface area contributed by atoms with E-state index in [0.29, 0.717) is 26.4 Å². The van der Waals surface area contributed by atoms with Crippen molar-refractivity contribution in [3.8, 4) is 12.3 Å². The topological polar surface area (TPSA) is 456 Å². The zero-order valence-corrected chi connectivity index (χ0v) is 50.2. The number of rotatable bonds is 39. The predicted molar refractivity (Wildman–Crippen MR) is 305 cm³/mol. The Labute approximate surface area is 508 Å². The highest BCUT2D eigenvalue weighted by atomic mass is 16.9. The van der Waals surface area contributed by atoms with Gasteiger partial charge in [-0.25, -0.2) is 29.4 Å².